The molecular weight excluding hydrogens is 461 g/mol. The largest absolute Gasteiger partial charge is 0.496 e. The van der Waals surface area contributed by atoms with Crippen LogP contribution in [0.25, 0.3) is 11.3 Å². The van der Waals surface area contributed by atoms with Crippen LogP contribution in [-0.2, 0) is 5.75 Å². The molecule has 0 saturated heterocycles. The number of thioether (sulfide) groups is 1. The van der Waals surface area contributed by atoms with Gasteiger partial charge in [-0.1, -0.05) is 18.2 Å². The van der Waals surface area contributed by atoms with Crippen molar-refractivity contribution in [3.8, 4) is 17.0 Å². The summed E-state index contributed by atoms with van der Waals surface area (Å²) >= 11 is 1.57. The highest BCUT2D eigenvalue weighted by atomic mass is 32.2. The van der Waals surface area contributed by atoms with Gasteiger partial charge in [0.1, 0.15) is 23.1 Å². The zero-order valence-corrected chi connectivity index (χ0v) is 19.4. The van der Waals surface area contributed by atoms with E-state index < -0.39 is 17.5 Å². The van der Waals surface area contributed by atoms with Crippen molar-refractivity contribution in [2.75, 3.05) is 24.4 Å². The summed E-state index contributed by atoms with van der Waals surface area (Å²) in [5, 5.41) is 2.88. The maximum absolute atomic E-state index is 14.3. The fourth-order valence-corrected chi connectivity index (χ4v) is 3.53. The molecule has 0 aliphatic heterocycles. The lowest BCUT2D eigenvalue weighted by Gasteiger charge is -2.11. The first-order chi connectivity index (χ1) is 16.4. The van der Waals surface area contributed by atoms with Crippen LogP contribution < -0.4 is 15.8 Å². The fourth-order valence-electron chi connectivity index (χ4n) is 3.03. The van der Waals surface area contributed by atoms with E-state index in [2.05, 4.69) is 15.3 Å². The van der Waals surface area contributed by atoms with Gasteiger partial charge in [-0.3, -0.25) is 0 Å². The van der Waals surface area contributed by atoms with Crippen molar-refractivity contribution in [2.24, 2.45) is 0 Å². The molecule has 1 aromatic heterocycles. The number of aromatic nitrogens is 2. The maximum Gasteiger partial charge on any atom is 0.227 e. The van der Waals surface area contributed by atoms with E-state index >= 15 is 0 Å². The number of halogens is 3. The summed E-state index contributed by atoms with van der Waals surface area (Å²) in [7, 11) is 1.36. The van der Waals surface area contributed by atoms with Crippen molar-refractivity contribution >= 4 is 29.1 Å². The van der Waals surface area contributed by atoms with E-state index in [0.717, 1.165) is 23.5 Å². The Morgan fingerprint density at radius 2 is 1.74 bits per heavy atom. The van der Waals surface area contributed by atoms with Crippen LogP contribution in [0.3, 0.4) is 0 Å². The summed E-state index contributed by atoms with van der Waals surface area (Å²) in [6, 6.07) is 17.7. The molecule has 1 heterocycles. The first-order valence-electron chi connectivity index (χ1n) is 10.1. The van der Waals surface area contributed by atoms with Crippen molar-refractivity contribution in [3.63, 3.8) is 0 Å². The molecule has 4 aromatic rings. The van der Waals surface area contributed by atoms with Gasteiger partial charge in [0.05, 0.1) is 13.3 Å². The predicted octanol–water partition coefficient (Wildman–Crippen LogP) is 6.44. The number of nitrogens with two attached hydrogens (primary N) is 1. The lowest BCUT2D eigenvalue weighted by molar-refractivity contribution is 0.412. The number of nitrogen functional groups attached to an aromatic ring is 1. The van der Waals surface area contributed by atoms with Gasteiger partial charge >= 0.3 is 0 Å². The zero-order valence-electron chi connectivity index (χ0n) is 18.6. The summed E-state index contributed by atoms with van der Waals surface area (Å²) in [6.45, 7) is 0. The number of methoxy groups -OCH3 is 1. The van der Waals surface area contributed by atoms with Gasteiger partial charge in [0.2, 0.25) is 5.95 Å². The standard InChI is InChI=1S/C19H16F3N3OS.C6H7N/c1-26-17-8-12(20)3-4-15(17)18-16(22)9-23-19(25-18)24-14-6-11(10-27-2)5-13(21)7-14;7-6-4-2-1-3-5-6/h3-9H,10H2,1-2H3,(H,23,24,25);1-5H,7H2. The van der Waals surface area contributed by atoms with Crippen molar-refractivity contribution < 1.29 is 17.9 Å². The number of nitrogens with one attached hydrogen (secondary N) is 1. The first-order valence-corrected chi connectivity index (χ1v) is 11.5. The maximum atomic E-state index is 14.3. The van der Waals surface area contributed by atoms with E-state index in [1.54, 1.807) is 17.8 Å². The van der Waals surface area contributed by atoms with Gasteiger partial charge in [-0.15, -0.1) is 0 Å². The van der Waals surface area contributed by atoms with Gasteiger partial charge in [0, 0.05) is 28.8 Å². The molecule has 5 nitrogen and oxygen atoms in total. The number of benzene rings is 3. The average molecular weight is 485 g/mol. The highest BCUT2D eigenvalue weighted by Gasteiger charge is 2.15. The Bertz CT molecular complexity index is 1240. The van der Waals surface area contributed by atoms with Crippen molar-refractivity contribution in [2.45, 2.75) is 5.75 Å². The SMILES string of the molecule is COc1cc(F)ccc1-c1nc(Nc2cc(F)cc(CSC)c2)ncc1F.Nc1ccccc1. The van der Waals surface area contributed by atoms with Crippen LogP contribution in [0.4, 0.5) is 30.5 Å². The first kappa shape index (κ1) is 24.9. The summed E-state index contributed by atoms with van der Waals surface area (Å²) in [5.41, 5.74) is 7.66. The smallest absolute Gasteiger partial charge is 0.227 e. The van der Waals surface area contributed by atoms with E-state index in [1.807, 2.05) is 36.6 Å². The molecule has 3 aromatic carbocycles. The summed E-state index contributed by atoms with van der Waals surface area (Å²) in [6.07, 6.45) is 2.92. The number of hydrogen-bond acceptors (Lipinski definition) is 6. The Balaban J connectivity index is 0.000000396. The van der Waals surface area contributed by atoms with Gasteiger partial charge in [0.15, 0.2) is 5.82 Å². The number of anilines is 3. The number of nitrogens with zero attached hydrogens (tertiary/aromatic N) is 2. The van der Waals surface area contributed by atoms with Gasteiger partial charge in [0.25, 0.3) is 0 Å². The molecule has 3 N–H and O–H groups in total. The molecule has 0 spiro atoms. The zero-order chi connectivity index (χ0) is 24.5. The van der Waals surface area contributed by atoms with Crippen molar-refractivity contribution in [3.05, 3.63) is 95.9 Å². The minimum Gasteiger partial charge on any atom is -0.496 e. The topological polar surface area (TPSA) is 73.1 Å². The molecule has 0 radical (unpaired) electrons. The van der Waals surface area contributed by atoms with E-state index in [9.17, 15) is 13.2 Å². The molecule has 0 amide bonds. The molecule has 0 saturated carbocycles. The van der Waals surface area contributed by atoms with Crippen LogP contribution in [0.2, 0.25) is 0 Å². The molecule has 0 atom stereocenters. The molecular formula is C25H23F3N4OS. The third-order valence-electron chi connectivity index (χ3n) is 4.49. The highest BCUT2D eigenvalue weighted by Crippen LogP contribution is 2.31. The van der Waals surface area contributed by atoms with Crippen molar-refractivity contribution in [1.82, 2.24) is 9.97 Å². The summed E-state index contributed by atoms with van der Waals surface area (Å²) in [5.74, 6) is -0.719. The van der Waals surface area contributed by atoms with Crippen LogP contribution >= 0.6 is 11.8 Å². The normalized spacial score (nSPS) is 10.3. The van der Waals surface area contributed by atoms with Crippen LogP contribution in [0.15, 0.2) is 72.9 Å². The predicted molar refractivity (Wildman–Crippen MR) is 132 cm³/mol. The van der Waals surface area contributed by atoms with Crippen LogP contribution in [0, 0.1) is 17.5 Å². The number of para-hydroxylation sites is 1. The van der Waals surface area contributed by atoms with Gasteiger partial charge < -0.3 is 15.8 Å². The molecule has 0 aliphatic carbocycles. The molecule has 176 valence electrons. The molecule has 34 heavy (non-hydrogen) atoms. The monoisotopic (exact) mass is 484 g/mol. The van der Waals surface area contributed by atoms with E-state index in [4.69, 9.17) is 10.5 Å². The number of hydrogen-bond donors (Lipinski definition) is 2. The third kappa shape index (κ3) is 6.89. The van der Waals surface area contributed by atoms with Crippen LogP contribution in [0.5, 0.6) is 5.75 Å². The Morgan fingerprint density at radius 1 is 0.971 bits per heavy atom. The highest BCUT2D eigenvalue weighted by molar-refractivity contribution is 7.97. The van der Waals surface area contributed by atoms with Crippen LogP contribution in [-0.4, -0.2) is 23.3 Å². The Labute approximate surface area is 200 Å². The minimum absolute atomic E-state index is 0.0508. The second kappa shape index (κ2) is 11.9. The number of rotatable bonds is 6. The Kier molecular flexibility index (Phi) is 8.75. The lowest BCUT2D eigenvalue weighted by atomic mass is 10.1. The van der Waals surface area contributed by atoms with E-state index in [0.29, 0.717) is 11.4 Å². The van der Waals surface area contributed by atoms with E-state index in [1.165, 1.54) is 31.4 Å². The van der Waals surface area contributed by atoms with Gasteiger partial charge in [-0.25, -0.2) is 23.1 Å². The summed E-state index contributed by atoms with van der Waals surface area (Å²) < 4.78 is 46.6. The quantitative estimate of drug-likeness (QED) is 0.307. The van der Waals surface area contributed by atoms with Gasteiger partial charge in [-0.2, -0.15) is 11.8 Å². The average Bonchev–Trinajstić information content (AvgIpc) is 2.81. The minimum atomic E-state index is -0.687. The van der Waals surface area contributed by atoms with E-state index in [-0.39, 0.29) is 23.0 Å². The second-order valence-electron chi connectivity index (χ2n) is 7.05. The third-order valence-corrected chi connectivity index (χ3v) is 5.11. The van der Waals surface area contributed by atoms with Gasteiger partial charge in [-0.05, 0) is 54.3 Å². The molecule has 0 aliphatic rings. The molecule has 0 bridgehead atoms. The fraction of sp³-hybridized carbons (Fsp3) is 0.120. The summed E-state index contributed by atoms with van der Waals surface area (Å²) in [4.78, 5) is 8.05. The second-order valence-corrected chi connectivity index (χ2v) is 7.92. The van der Waals surface area contributed by atoms with Crippen molar-refractivity contribution in [1.29, 1.82) is 0 Å². The Morgan fingerprint density at radius 3 is 2.38 bits per heavy atom. The molecule has 0 unspecified atom stereocenters. The molecule has 9 heteroatoms. The number of ether oxygens (including phenoxy) is 1. The lowest BCUT2D eigenvalue weighted by Crippen LogP contribution is -2.02. The Hall–Kier alpha value is -3.72. The molecule has 4 rings (SSSR count). The molecule has 0 fully saturated rings. The van der Waals surface area contributed by atoms with Crippen LogP contribution in [0.1, 0.15) is 5.56 Å².